The lowest BCUT2D eigenvalue weighted by atomic mass is 10.0. The van der Waals surface area contributed by atoms with Gasteiger partial charge in [-0.05, 0) is 37.5 Å². The second kappa shape index (κ2) is 64.1. The Morgan fingerprint density at radius 3 is 0.747 bits per heavy atom. The van der Waals surface area contributed by atoms with Gasteiger partial charge in [0.25, 0.3) is 0 Å². The van der Waals surface area contributed by atoms with Crippen LogP contribution in [-0.2, 0) is 65.4 Å². The van der Waals surface area contributed by atoms with Crippen LogP contribution >= 0.6 is 15.6 Å². The first-order valence-electron chi connectivity index (χ1n) is 37.5. The SMILES string of the molecule is CCCCCCCCCCCCCCCCCCCCCCC(=O)O[C@H](COC(=O)CCCCCCCCCCCCC(C)C)COP(=O)(O)OC[C@@H](O)COP(=O)(O)OC[C@@H](COC(=O)CCCCCCC)OC(=O)CCCCCCCCCCCCC(C)C. The van der Waals surface area contributed by atoms with Crippen molar-refractivity contribution in [1.82, 2.24) is 0 Å². The number of hydrogen-bond acceptors (Lipinski definition) is 15. The van der Waals surface area contributed by atoms with Gasteiger partial charge in [-0.25, -0.2) is 9.13 Å². The summed E-state index contributed by atoms with van der Waals surface area (Å²) in [6.07, 6.45) is 50.5. The molecule has 540 valence electrons. The number of phosphoric acid groups is 2. The van der Waals surface area contributed by atoms with Crippen molar-refractivity contribution < 1.29 is 80.2 Å². The van der Waals surface area contributed by atoms with E-state index >= 15 is 0 Å². The van der Waals surface area contributed by atoms with Crippen LogP contribution in [0, 0.1) is 11.8 Å². The van der Waals surface area contributed by atoms with Gasteiger partial charge in [-0.2, -0.15) is 0 Å². The van der Waals surface area contributed by atoms with Gasteiger partial charge in [-0.1, -0.05) is 318 Å². The molecule has 19 heteroatoms. The van der Waals surface area contributed by atoms with E-state index in [0.29, 0.717) is 25.7 Å². The average molecular weight is 1340 g/mol. The van der Waals surface area contributed by atoms with Gasteiger partial charge in [-0.3, -0.25) is 37.3 Å². The molecule has 0 spiro atoms. The third kappa shape index (κ3) is 66.5. The Bertz CT molecular complexity index is 1770. The number of phosphoric ester groups is 2. The summed E-state index contributed by atoms with van der Waals surface area (Å²) in [6, 6.07) is 0. The first kappa shape index (κ1) is 89.1. The summed E-state index contributed by atoms with van der Waals surface area (Å²) in [5, 5.41) is 10.6. The fraction of sp³-hybridized carbons (Fsp3) is 0.944. The predicted molar refractivity (Wildman–Crippen MR) is 368 cm³/mol. The summed E-state index contributed by atoms with van der Waals surface area (Å²) in [6.45, 7) is 9.46. The smallest absolute Gasteiger partial charge is 0.462 e. The van der Waals surface area contributed by atoms with Crippen LogP contribution in [0.4, 0.5) is 0 Å². The number of unbranched alkanes of at least 4 members (excludes halogenated alkanes) is 41. The molecule has 0 radical (unpaired) electrons. The van der Waals surface area contributed by atoms with E-state index in [1.807, 2.05) is 0 Å². The van der Waals surface area contributed by atoms with E-state index in [2.05, 4.69) is 41.5 Å². The third-order valence-electron chi connectivity index (χ3n) is 16.7. The Labute approximate surface area is 556 Å². The largest absolute Gasteiger partial charge is 0.472 e. The minimum absolute atomic E-state index is 0.105. The fourth-order valence-corrected chi connectivity index (χ4v) is 12.5. The Kier molecular flexibility index (Phi) is 62.7. The van der Waals surface area contributed by atoms with Crippen molar-refractivity contribution in [3.05, 3.63) is 0 Å². The molecule has 0 aromatic carbocycles. The maximum absolute atomic E-state index is 13.0. The molecule has 2 unspecified atom stereocenters. The number of aliphatic hydroxyl groups is 1. The summed E-state index contributed by atoms with van der Waals surface area (Å²) in [5.74, 6) is -0.623. The molecule has 0 saturated carbocycles. The minimum Gasteiger partial charge on any atom is -0.462 e. The van der Waals surface area contributed by atoms with Gasteiger partial charge in [0.2, 0.25) is 0 Å². The number of hydrogen-bond donors (Lipinski definition) is 3. The molecule has 91 heavy (non-hydrogen) atoms. The second-order valence-electron chi connectivity index (χ2n) is 26.9. The van der Waals surface area contributed by atoms with Crippen LogP contribution in [0.25, 0.3) is 0 Å². The molecule has 3 N–H and O–H groups in total. The van der Waals surface area contributed by atoms with Gasteiger partial charge >= 0.3 is 39.5 Å². The zero-order valence-electron chi connectivity index (χ0n) is 59.1. The minimum atomic E-state index is -4.95. The Morgan fingerprint density at radius 2 is 0.505 bits per heavy atom. The van der Waals surface area contributed by atoms with Crippen LogP contribution in [0.15, 0.2) is 0 Å². The first-order valence-corrected chi connectivity index (χ1v) is 40.5. The average Bonchev–Trinajstić information content (AvgIpc) is 3.64. The van der Waals surface area contributed by atoms with Crippen LogP contribution in [-0.4, -0.2) is 96.7 Å². The molecular formula is C72H140O17P2. The van der Waals surface area contributed by atoms with E-state index in [4.69, 9.17) is 37.0 Å². The summed E-state index contributed by atoms with van der Waals surface area (Å²) in [7, 11) is -9.89. The number of aliphatic hydroxyl groups excluding tert-OH is 1. The standard InChI is InChI=1S/C72H140O17P2/c1-7-9-11-13-14-15-16-17-18-19-20-21-22-23-24-25-33-38-44-50-56-72(77)89-68(61-83-70(75)55-49-43-37-32-28-26-30-35-41-46-52-64(3)4)63-87-91(80,81)85-59-66(73)58-84-90(78,79)86-62-67(60-82-69(74)54-48-40-12-10-8-2)88-71(76)57-51-45-39-34-29-27-31-36-42-47-53-65(5)6/h64-68,73H,7-63H2,1-6H3,(H,78,79)(H,80,81)/t66-,67+,68+/m0/s1. The van der Waals surface area contributed by atoms with Gasteiger partial charge in [0.1, 0.15) is 19.3 Å². The maximum Gasteiger partial charge on any atom is 0.472 e. The van der Waals surface area contributed by atoms with Crippen LogP contribution in [0.2, 0.25) is 0 Å². The summed E-state index contributed by atoms with van der Waals surface area (Å²) >= 11 is 0. The highest BCUT2D eigenvalue weighted by molar-refractivity contribution is 7.47. The van der Waals surface area contributed by atoms with Crippen molar-refractivity contribution in [2.45, 2.75) is 387 Å². The van der Waals surface area contributed by atoms with Gasteiger partial charge in [0, 0.05) is 25.7 Å². The van der Waals surface area contributed by atoms with E-state index in [1.165, 1.54) is 180 Å². The molecule has 0 aromatic rings. The Balaban J connectivity index is 5.13. The lowest BCUT2D eigenvalue weighted by Gasteiger charge is -2.21. The first-order chi connectivity index (χ1) is 43.9. The molecule has 0 aliphatic heterocycles. The monoisotopic (exact) mass is 1340 g/mol. The number of carbonyl (C=O) groups is 4. The third-order valence-corrected chi connectivity index (χ3v) is 18.6. The van der Waals surface area contributed by atoms with Gasteiger partial charge in [0.05, 0.1) is 26.4 Å². The molecule has 0 rings (SSSR count). The zero-order valence-corrected chi connectivity index (χ0v) is 60.9. The highest BCUT2D eigenvalue weighted by Gasteiger charge is 2.30. The van der Waals surface area contributed by atoms with Crippen molar-refractivity contribution in [1.29, 1.82) is 0 Å². The molecule has 0 aliphatic rings. The molecule has 5 atom stereocenters. The highest BCUT2D eigenvalue weighted by atomic mass is 31.2. The van der Waals surface area contributed by atoms with E-state index in [1.54, 1.807) is 0 Å². The Morgan fingerprint density at radius 1 is 0.297 bits per heavy atom. The molecule has 0 aliphatic carbocycles. The number of carbonyl (C=O) groups excluding carboxylic acids is 4. The quantitative estimate of drug-likeness (QED) is 0.0222. The lowest BCUT2D eigenvalue weighted by Crippen LogP contribution is -2.30. The van der Waals surface area contributed by atoms with Crippen molar-refractivity contribution in [3.8, 4) is 0 Å². The molecule has 17 nitrogen and oxygen atoms in total. The summed E-state index contributed by atoms with van der Waals surface area (Å²) in [5.41, 5.74) is 0. The summed E-state index contributed by atoms with van der Waals surface area (Å²) in [4.78, 5) is 72.3. The van der Waals surface area contributed by atoms with Gasteiger partial charge < -0.3 is 33.8 Å². The number of rotatable bonds is 71. The fourth-order valence-electron chi connectivity index (χ4n) is 10.9. The molecule has 0 heterocycles. The molecule has 0 amide bonds. The maximum atomic E-state index is 13.0. The lowest BCUT2D eigenvalue weighted by molar-refractivity contribution is -0.161. The van der Waals surface area contributed by atoms with E-state index in [9.17, 15) is 43.2 Å². The van der Waals surface area contributed by atoms with E-state index in [-0.39, 0.29) is 25.7 Å². The van der Waals surface area contributed by atoms with E-state index in [0.717, 1.165) is 108 Å². The molecule has 0 bridgehead atoms. The zero-order chi connectivity index (χ0) is 67.2. The number of ether oxygens (including phenoxy) is 4. The molecule has 0 aromatic heterocycles. The van der Waals surface area contributed by atoms with Crippen molar-refractivity contribution in [3.63, 3.8) is 0 Å². The molecule has 0 saturated heterocycles. The van der Waals surface area contributed by atoms with Crippen LogP contribution < -0.4 is 0 Å². The Hall–Kier alpha value is -1.94. The van der Waals surface area contributed by atoms with Gasteiger partial charge in [-0.15, -0.1) is 0 Å². The van der Waals surface area contributed by atoms with Crippen molar-refractivity contribution in [2.24, 2.45) is 11.8 Å². The van der Waals surface area contributed by atoms with Crippen molar-refractivity contribution >= 4 is 39.5 Å². The topological polar surface area (TPSA) is 237 Å². The van der Waals surface area contributed by atoms with Crippen LogP contribution in [0.5, 0.6) is 0 Å². The van der Waals surface area contributed by atoms with Crippen LogP contribution in [0.3, 0.4) is 0 Å². The molecular weight excluding hydrogens is 1200 g/mol. The molecule has 0 fully saturated rings. The normalized spacial score (nSPS) is 14.1. The van der Waals surface area contributed by atoms with Crippen molar-refractivity contribution in [2.75, 3.05) is 39.6 Å². The number of esters is 4. The highest BCUT2D eigenvalue weighted by Crippen LogP contribution is 2.45. The second-order valence-corrected chi connectivity index (χ2v) is 29.8. The van der Waals surface area contributed by atoms with Gasteiger partial charge in [0.15, 0.2) is 12.2 Å². The van der Waals surface area contributed by atoms with Crippen LogP contribution in [0.1, 0.15) is 369 Å². The predicted octanol–water partition coefficient (Wildman–Crippen LogP) is 20.8. The summed E-state index contributed by atoms with van der Waals surface area (Å²) < 4.78 is 68.1. The van der Waals surface area contributed by atoms with E-state index < -0.39 is 97.5 Å².